The Kier molecular flexibility index (Phi) is 12.3. The van der Waals surface area contributed by atoms with Crippen molar-refractivity contribution < 1.29 is 19.0 Å². The normalized spacial score (nSPS) is 14.0. The lowest BCUT2D eigenvalue weighted by Crippen LogP contribution is -2.47. The van der Waals surface area contributed by atoms with Gasteiger partial charge in [-0.05, 0) is 85.0 Å². The number of aromatic nitrogens is 1. The van der Waals surface area contributed by atoms with Crippen LogP contribution in [0.5, 0.6) is 23.1 Å². The number of carbonyl (C=O) groups is 1. The minimum absolute atomic E-state index is 0.00571. The van der Waals surface area contributed by atoms with Crippen LogP contribution in [-0.2, 0) is 17.9 Å². The largest absolute Gasteiger partial charge is 0.493 e. The average molecular weight is 716 g/mol. The van der Waals surface area contributed by atoms with Crippen LogP contribution in [0.15, 0.2) is 109 Å². The molecule has 8 heteroatoms. The van der Waals surface area contributed by atoms with Gasteiger partial charge in [-0.15, -0.1) is 0 Å². The summed E-state index contributed by atoms with van der Waals surface area (Å²) in [6, 6.07) is 32.6. The molecule has 52 heavy (non-hydrogen) atoms. The second-order valence-electron chi connectivity index (χ2n) is 13.6. The van der Waals surface area contributed by atoms with Crippen LogP contribution < -0.4 is 14.2 Å². The molecule has 1 aromatic heterocycles. The van der Waals surface area contributed by atoms with Crippen LogP contribution in [0.1, 0.15) is 51.8 Å². The molecule has 7 nitrogen and oxygen atoms in total. The topological polar surface area (TPSA) is 64.1 Å². The summed E-state index contributed by atoms with van der Waals surface area (Å²) in [5.74, 6) is 2.78. The number of pyridine rings is 1. The van der Waals surface area contributed by atoms with Crippen LogP contribution >= 0.6 is 11.6 Å². The second-order valence-corrected chi connectivity index (χ2v) is 14.0. The Balaban J connectivity index is 0.940. The number of nitrogens with zero attached hydrogens (tertiary/aromatic N) is 3. The fourth-order valence-corrected chi connectivity index (χ4v) is 6.33. The summed E-state index contributed by atoms with van der Waals surface area (Å²) in [5.41, 5.74) is 7.73. The fraction of sp³-hybridized carbons (Fsp3) is 0.273. The summed E-state index contributed by atoms with van der Waals surface area (Å²) < 4.78 is 17.9. The number of ether oxygens (including phenoxy) is 3. The molecular formula is C44H46ClN3O4. The van der Waals surface area contributed by atoms with E-state index in [1.54, 1.807) is 24.4 Å². The number of hydrogen-bond acceptors (Lipinski definition) is 6. The molecule has 268 valence electrons. The fourth-order valence-electron chi connectivity index (χ4n) is 6.01. The molecule has 5 aromatic rings. The molecule has 1 aliphatic rings. The van der Waals surface area contributed by atoms with Crippen molar-refractivity contribution in [2.45, 2.75) is 46.8 Å². The molecule has 4 aromatic carbocycles. The maximum Gasteiger partial charge on any atom is 0.246 e. The Labute approximate surface area is 312 Å². The van der Waals surface area contributed by atoms with E-state index in [2.05, 4.69) is 91.3 Å². The highest BCUT2D eigenvalue weighted by molar-refractivity contribution is 6.32. The molecule has 6 rings (SSSR count). The van der Waals surface area contributed by atoms with E-state index in [0.29, 0.717) is 54.6 Å². The lowest BCUT2D eigenvalue weighted by Gasteiger charge is -2.34. The lowest BCUT2D eigenvalue weighted by molar-refractivity contribution is -0.127. The van der Waals surface area contributed by atoms with E-state index in [4.69, 9.17) is 25.8 Å². The van der Waals surface area contributed by atoms with Gasteiger partial charge in [-0.3, -0.25) is 9.69 Å². The molecule has 1 atom stereocenters. The minimum atomic E-state index is -0.00571. The second kappa shape index (κ2) is 17.4. The summed E-state index contributed by atoms with van der Waals surface area (Å²) in [7, 11) is 0. The summed E-state index contributed by atoms with van der Waals surface area (Å²) in [5, 5.41) is 0.445. The van der Waals surface area contributed by atoms with Crippen molar-refractivity contribution in [3.63, 3.8) is 0 Å². The molecular weight excluding hydrogens is 670 g/mol. The van der Waals surface area contributed by atoms with Gasteiger partial charge in [0.2, 0.25) is 11.8 Å². The maximum absolute atomic E-state index is 13.1. The van der Waals surface area contributed by atoms with Gasteiger partial charge in [0.15, 0.2) is 5.75 Å². The van der Waals surface area contributed by atoms with Crippen LogP contribution in [0.3, 0.4) is 0 Å². The predicted octanol–water partition coefficient (Wildman–Crippen LogP) is 9.57. The molecule has 0 spiro atoms. The first-order chi connectivity index (χ1) is 25.2. The van der Waals surface area contributed by atoms with E-state index in [9.17, 15) is 4.79 Å². The Morgan fingerprint density at radius 3 is 2.12 bits per heavy atom. The van der Waals surface area contributed by atoms with Gasteiger partial charge in [0.05, 0.1) is 17.8 Å². The zero-order chi connectivity index (χ0) is 36.5. The van der Waals surface area contributed by atoms with Crippen molar-refractivity contribution in [2.75, 3.05) is 32.8 Å². The van der Waals surface area contributed by atoms with Crippen LogP contribution in [0.25, 0.3) is 6.08 Å². The number of carbonyl (C=O) groups excluding carboxylic acids is 1. The smallest absolute Gasteiger partial charge is 0.246 e. The molecule has 0 bridgehead atoms. The molecule has 2 heterocycles. The number of rotatable bonds is 13. The van der Waals surface area contributed by atoms with E-state index in [1.165, 1.54) is 22.3 Å². The van der Waals surface area contributed by atoms with Crippen molar-refractivity contribution in [3.8, 4) is 23.1 Å². The molecule has 0 N–H and O–H groups in total. The highest BCUT2D eigenvalue weighted by Crippen LogP contribution is 2.34. The SMILES string of the molecule is Cc1ccc(COc2ccc(Oc3c(C)cc(/C=C/C(=O)N4CCN(Cc5ccc(C(C)COc6ccc(C)cc6)cc5)CC4)cc3Cl)nc2)cc1. The Bertz CT molecular complexity index is 1930. The molecule has 0 saturated carbocycles. The van der Waals surface area contributed by atoms with Crippen molar-refractivity contribution >= 4 is 23.6 Å². The van der Waals surface area contributed by atoms with Crippen LogP contribution in [0.2, 0.25) is 5.02 Å². The Morgan fingerprint density at radius 1 is 0.808 bits per heavy atom. The number of halogens is 1. The zero-order valence-electron chi connectivity index (χ0n) is 30.3. The third-order valence-corrected chi connectivity index (χ3v) is 9.55. The van der Waals surface area contributed by atoms with E-state index in [0.717, 1.165) is 42.1 Å². The highest BCUT2D eigenvalue weighted by Gasteiger charge is 2.20. The summed E-state index contributed by atoms with van der Waals surface area (Å²) in [6.45, 7) is 13.2. The lowest BCUT2D eigenvalue weighted by atomic mass is 10.0. The first-order valence-electron chi connectivity index (χ1n) is 17.8. The molecule has 1 aliphatic heterocycles. The Morgan fingerprint density at radius 2 is 1.46 bits per heavy atom. The number of hydrogen-bond donors (Lipinski definition) is 0. The number of amides is 1. The number of piperazine rings is 1. The third kappa shape index (κ3) is 10.2. The van der Waals surface area contributed by atoms with Crippen molar-refractivity contribution in [1.29, 1.82) is 0 Å². The van der Waals surface area contributed by atoms with Gasteiger partial charge in [-0.25, -0.2) is 4.98 Å². The van der Waals surface area contributed by atoms with Crippen molar-refractivity contribution in [3.05, 3.63) is 153 Å². The van der Waals surface area contributed by atoms with Gasteiger partial charge in [0.1, 0.15) is 18.1 Å². The summed E-state index contributed by atoms with van der Waals surface area (Å²) in [4.78, 5) is 21.8. The standard InChI is InChI=1S/C44H46ClN3O4/c1-31-5-9-36(10-6-31)30-51-40-18-19-42(46-27-40)52-44-33(3)25-37(26-41(44)45)13-20-43(49)48-23-21-47(22-24-48)28-35-11-14-38(15-12-35)34(4)29-50-39-16-7-32(2)8-17-39/h5-20,25-27,34H,21-24,28-30H2,1-4H3/b20-13+. The third-order valence-electron chi connectivity index (χ3n) is 9.27. The van der Waals surface area contributed by atoms with Crippen molar-refractivity contribution in [1.82, 2.24) is 14.8 Å². The molecule has 0 radical (unpaired) electrons. The summed E-state index contributed by atoms with van der Waals surface area (Å²) in [6.07, 6.45) is 5.07. The van der Waals surface area contributed by atoms with Crippen LogP contribution in [0, 0.1) is 20.8 Å². The first-order valence-corrected chi connectivity index (χ1v) is 18.2. The van der Waals surface area contributed by atoms with E-state index >= 15 is 0 Å². The quantitative estimate of drug-likeness (QED) is 0.113. The minimum Gasteiger partial charge on any atom is -0.493 e. The number of benzene rings is 4. The molecule has 1 fully saturated rings. The van der Waals surface area contributed by atoms with Gasteiger partial charge in [-0.2, -0.15) is 0 Å². The van der Waals surface area contributed by atoms with Crippen molar-refractivity contribution in [2.24, 2.45) is 0 Å². The monoisotopic (exact) mass is 715 g/mol. The van der Waals surface area contributed by atoms with E-state index in [-0.39, 0.29) is 5.91 Å². The average Bonchev–Trinajstić information content (AvgIpc) is 3.16. The summed E-state index contributed by atoms with van der Waals surface area (Å²) >= 11 is 6.64. The van der Waals surface area contributed by atoms with Gasteiger partial charge < -0.3 is 19.1 Å². The predicted molar refractivity (Wildman–Crippen MR) is 208 cm³/mol. The van der Waals surface area contributed by atoms with E-state index in [1.807, 2.05) is 42.2 Å². The van der Waals surface area contributed by atoms with Gasteiger partial charge >= 0.3 is 0 Å². The molecule has 1 unspecified atom stereocenters. The maximum atomic E-state index is 13.1. The number of aryl methyl sites for hydroxylation is 3. The highest BCUT2D eigenvalue weighted by atomic mass is 35.5. The van der Waals surface area contributed by atoms with Gasteiger partial charge in [0.25, 0.3) is 0 Å². The van der Waals surface area contributed by atoms with Gasteiger partial charge in [-0.1, -0.05) is 90.3 Å². The zero-order valence-corrected chi connectivity index (χ0v) is 31.1. The van der Waals surface area contributed by atoms with E-state index < -0.39 is 0 Å². The Hall–Kier alpha value is -5.11. The first kappa shape index (κ1) is 36.7. The van der Waals surface area contributed by atoms with Crippen LogP contribution in [0.4, 0.5) is 0 Å². The van der Waals surface area contributed by atoms with Crippen LogP contribution in [-0.4, -0.2) is 53.5 Å². The molecule has 1 amide bonds. The molecule has 1 saturated heterocycles. The van der Waals surface area contributed by atoms with Gasteiger partial charge in [0, 0.05) is 50.8 Å². The molecule has 0 aliphatic carbocycles.